The highest BCUT2D eigenvalue weighted by atomic mass is 16.5. The summed E-state index contributed by atoms with van der Waals surface area (Å²) in [6.45, 7) is 2.33. The molecule has 0 aliphatic heterocycles. The van der Waals surface area contributed by atoms with Crippen LogP contribution in [0.4, 0.5) is 5.69 Å². The summed E-state index contributed by atoms with van der Waals surface area (Å²) in [5.74, 6) is 1.37. The van der Waals surface area contributed by atoms with Crippen molar-refractivity contribution >= 4 is 23.7 Å². The maximum Gasteiger partial charge on any atom is 0.328 e. The van der Waals surface area contributed by atoms with Crippen LogP contribution in [0.2, 0.25) is 0 Å². The maximum absolute atomic E-state index is 13.3. The summed E-state index contributed by atoms with van der Waals surface area (Å²) < 4.78 is 16.9. The highest BCUT2D eigenvalue weighted by molar-refractivity contribution is 6.12. The number of anilines is 1. The van der Waals surface area contributed by atoms with Gasteiger partial charge in [-0.1, -0.05) is 66.7 Å². The zero-order valence-corrected chi connectivity index (χ0v) is 24.5. The molecule has 0 amide bonds. The van der Waals surface area contributed by atoms with E-state index in [-0.39, 0.29) is 5.78 Å². The first-order valence-electron chi connectivity index (χ1n) is 14.2. The van der Waals surface area contributed by atoms with Gasteiger partial charge in [-0.05, 0) is 48.9 Å². The molecule has 0 aliphatic rings. The highest BCUT2D eigenvalue weighted by Gasteiger charge is 2.23. The van der Waals surface area contributed by atoms with Gasteiger partial charge in [-0.2, -0.15) is 0 Å². The molecule has 0 aliphatic carbocycles. The molecule has 0 fully saturated rings. The molecule has 5 rings (SSSR count). The van der Waals surface area contributed by atoms with Crippen LogP contribution in [-0.2, 0) is 22.4 Å². The van der Waals surface area contributed by atoms with Crippen LogP contribution in [0.25, 0.3) is 11.5 Å². The summed E-state index contributed by atoms with van der Waals surface area (Å²) in [5, 5.41) is 3.21. The second kappa shape index (κ2) is 14.1. The summed E-state index contributed by atoms with van der Waals surface area (Å²) in [6, 6.07) is 29.9. The first-order valence-corrected chi connectivity index (χ1v) is 14.2. The summed E-state index contributed by atoms with van der Waals surface area (Å²) >= 11 is 0. The van der Waals surface area contributed by atoms with Crippen LogP contribution in [0.3, 0.4) is 0 Å². The number of carbonyl (C=O) groups excluding carboxylic acids is 3. The van der Waals surface area contributed by atoms with Gasteiger partial charge in [0.15, 0.2) is 5.78 Å². The van der Waals surface area contributed by atoms with E-state index in [1.165, 1.54) is 7.11 Å². The number of esters is 1. The molecule has 0 saturated carbocycles. The molecule has 0 spiro atoms. The number of nitrogens with one attached hydrogen (secondary N) is 1. The average molecular weight is 589 g/mol. The van der Waals surface area contributed by atoms with E-state index >= 15 is 0 Å². The van der Waals surface area contributed by atoms with Gasteiger partial charge in [-0.25, -0.2) is 9.78 Å². The lowest BCUT2D eigenvalue weighted by atomic mass is 9.99. The molecular weight excluding hydrogens is 556 g/mol. The summed E-state index contributed by atoms with van der Waals surface area (Å²) in [6.07, 6.45) is 1.64. The van der Waals surface area contributed by atoms with E-state index in [4.69, 9.17) is 13.9 Å². The van der Waals surface area contributed by atoms with E-state index in [0.29, 0.717) is 53.5 Å². The Morgan fingerprint density at radius 1 is 0.909 bits per heavy atom. The Morgan fingerprint density at radius 3 is 2.32 bits per heavy atom. The molecule has 1 atom stereocenters. The molecule has 1 N–H and O–H groups in total. The van der Waals surface area contributed by atoms with Crippen molar-refractivity contribution in [3.63, 3.8) is 0 Å². The van der Waals surface area contributed by atoms with Gasteiger partial charge in [0.05, 0.1) is 19.4 Å². The Balaban J connectivity index is 1.22. The smallest absolute Gasteiger partial charge is 0.328 e. The lowest BCUT2D eigenvalue weighted by molar-refractivity contribution is -0.141. The van der Waals surface area contributed by atoms with Crippen LogP contribution in [0.15, 0.2) is 108 Å². The molecule has 222 valence electrons. The minimum absolute atomic E-state index is 0.229. The van der Waals surface area contributed by atoms with Crippen LogP contribution < -0.4 is 10.1 Å². The number of aryl methyl sites for hydroxylation is 1. The van der Waals surface area contributed by atoms with Crippen LogP contribution in [0, 0.1) is 6.92 Å². The standard InChI is InChI=1S/C36H32N2O6/c1-24-31(38-35(44-24)28-8-4-3-5-9-28)20-21-43-29-18-14-25(15-19-29)22-33(36(41)42-2)37-32-11-7-6-10-30(32)34(40)27-16-12-26(23-39)13-17-27/h3-19,23,33,37H,20-22H2,1-2H3. The quantitative estimate of drug-likeness (QED) is 0.0942. The Morgan fingerprint density at radius 2 is 1.61 bits per heavy atom. The van der Waals surface area contributed by atoms with Crippen molar-refractivity contribution in [1.82, 2.24) is 4.98 Å². The maximum atomic E-state index is 13.3. The van der Waals surface area contributed by atoms with E-state index in [0.717, 1.165) is 28.9 Å². The number of aldehydes is 1. The number of aromatic nitrogens is 1. The van der Waals surface area contributed by atoms with Crippen molar-refractivity contribution in [1.29, 1.82) is 0 Å². The van der Waals surface area contributed by atoms with Gasteiger partial charge in [0.25, 0.3) is 0 Å². The number of para-hydroxylation sites is 1. The second-order valence-electron chi connectivity index (χ2n) is 10.2. The molecule has 44 heavy (non-hydrogen) atoms. The lowest BCUT2D eigenvalue weighted by Gasteiger charge is -2.20. The van der Waals surface area contributed by atoms with Crippen molar-refractivity contribution in [2.45, 2.75) is 25.8 Å². The molecule has 4 aromatic carbocycles. The second-order valence-corrected chi connectivity index (χ2v) is 10.2. The molecule has 0 radical (unpaired) electrons. The summed E-state index contributed by atoms with van der Waals surface area (Å²) in [4.78, 5) is 41.7. The number of methoxy groups -OCH3 is 1. The number of carbonyl (C=O) groups is 3. The third-order valence-corrected chi connectivity index (χ3v) is 7.18. The first-order chi connectivity index (χ1) is 21.4. The predicted octanol–water partition coefficient (Wildman–Crippen LogP) is 6.51. The fourth-order valence-corrected chi connectivity index (χ4v) is 4.79. The topological polar surface area (TPSA) is 108 Å². The molecule has 0 saturated heterocycles. The number of ketones is 1. The van der Waals surface area contributed by atoms with E-state index in [1.807, 2.05) is 61.5 Å². The van der Waals surface area contributed by atoms with Gasteiger partial charge in [-0.3, -0.25) is 9.59 Å². The molecule has 1 unspecified atom stereocenters. The van der Waals surface area contributed by atoms with E-state index in [1.54, 1.807) is 48.5 Å². The molecular formula is C36H32N2O6. The minimum Gasteiger partial charge on any atom is -0.493 e. The number of nitrogens with zero attached hydrogens (tertiary/aromatic N) is 1. The van der Waals surface area contributed by atoms with Crippen molar-refractivity contribution in [2.24, 2.45) is 0 Å². The molecule has 8 heteroatoms. The number of ether oxygens (including phenoxy) is 2. The Bertz CT molecular complexity index is 1730. The largest absolute Gasteiger partial charge is 0.493 e. The van der Waals surface area contributed by atoms with Crippen LogP contribution in [-0.4, -0.2) is 42.8 Å². The van der Waals surface area contributed by atoms with Crippen LogP contribution in [0.1, 0.15) is 43.3 Å². The minimum atomic E-state index is -0.743. The third kappa shape index (κ3) is 7.28. The van der Waals surface area contributed by atoms with Crippen LogP contribution >= 0.6 is 0 Å². The summed E-state index contributed by atoms with van der Waals surface area (Å²) in [7, 11) is 1.33. The van der Waals surface area contributed by atoms with Gasteiger partial charge in [0.1, 0.15) is 23.8 Å². The van der Waals surface area contributed by atoms with E-state index in [9.17, 15) is 14.4 Å². The predicted molar refractivity (Wildman–Crippen MR) is 167 cm³/mol. The average Bonchev–Trinajstić information content (AvgIpc) is 3.45. The fourth-order valence-electron chi connectivity index (χ4n) is 4.79. The van der Waals surface area contributed by atoms with Crippen molar-refractivity contribution < 1.29 is 28.3 Å². The zero-order chi connectivity index (χ0) is 30.9. The lowest BCUT2D eigenvalue weighted by Crippen LogP contribution is -2.33. The van der Waals surface area contributed by atoms with Gasteiger partial charge in [0, 0.05) is 40.8 Å². The van der Waals surface area contributed by atoms with Gasteiger partial charge < -0.3 is 19.2 Å². The molecule has 0 bridgehead atoms. The van der Waals surface area contributed by atoms with E-state index in [2.05, 4.69) is 10.3 Å². The van der Waals surface area contributed by atoms with Gasteiger partial charge >= 0.3 is 5.97 Å². The Labute approximate surface area is 255 Å². The number of benzene rings is 4. The highest BCUT2D eigenvalue weighted by Crippen LogP contribution is 2.24. The summed E-state index contributed by atoms with van der Waals surface area (Å²) in [5.41, 5.74) is 4.49. The number of hydrogen-bond acceptors (Lipinski definition) is 8. The fraction of sp³-hybridized carbons (Fsp3) is 0.167. The zero-order valence-electron chi connectivity index (χ0n) is 24.5. The molecule has 8 nitrogen and oxygen atoms in total. The molecule has 5 aromatic rings. The number of rotatable bonds is 13. The molecule has 1 aromatic heterocycles. The van der Waals surface area contributed by atoms with E-state index < -0.39 is 12.0 Å². The molecule has 1 heterocycles. The third-order valence-electron chi connectivity index (χ3n) is 7.18. The van der Waals surface area contributed by atoms with Gasteiger partial charge in [0.2, 0.25) is 5.89 Å². The number of oxazole rings is 1. The Kier molecular flexibility index (Phi) is 9.61. The van der Waals surface area contributed by atoms with Gasteiger partial charge in [-0.15, -0.1) is 0 Å². The number of hydrogen-bond donors (Lipinski definition) is 1. The Hall–Kier alpha value is -5.50. The monoisotopic (exact) mass is 588 g/mol. The van der Waals surface area contributed by atoms with Crippen molar-refractivity contribution in [2.75, 3.05) is 19.0 Å². The van der Waals surface area contributed by atoms with Crippen molar-refractivity contribution in [3.05, 3.63) is 137 Å². The van der Waals surface area contributed by atoms with Crippen LogP contribution in [0.5, 0.6) is 5.75 Å². The normalized spacial score (nSPS) is 11.4. The van der Waals surface area contributed by atoms with Crippen molar-refractivity contribution in [3.8, 4) is 17.2 Å². The first kappa shape index (κ1) is 30.0. The SMILES string of the molecule is COC(=O)C(Cc1ccc(OCCc2nc(-c3ccccc3)oc2C)cc1)Nc1ccccc1C(=O)c1ccc(C=O)cc1.